The number of phenols is 1. The largest absolute Gasteiger partial charge is 0.507 e. The molecular weight excluding hydrogens is 162 g/mol. The van der Waals surface area contributed by atoms with Gasteiger partial charge in [0.25, 0.3) is 0 Å². The Balaban J connectivity index is 2.94. The molecule has 0 aliphatic rings. The van der Waals surface area contributed by atoms with Gasteiger partial charge in [-0.15, -0.1) is 6.58 Å². The first-order valence-corrected chi connectivity index (χ1v) is 4.16. The highest BCUT2D eigenvalue weighted by Crippen LogP contribution is 2.16. The summed E-state index contributed by atoms with van der Waals surface area (Å²) in [5.41, 5.74) is 1.61. The van der Waals surface area contributed by atoms with E-state index in [0.29, 0.717) is 6.54 Å². The number of nitrogens with zero attached hydrogens (tertiary/aromatic N) is 1. The molecule has 0 spiro atoms. The van der Waals surface area contributed by atoms with Gasteiger partial charge in [-0.2, -0.15) is 0 Å². The first-order chi connectivity index (χ1) is 6.25. The van der Waals surface area contributed by atoms with Crippen molar-refractivity contribution in [2.45, 2.75) is 6.92 Å². The summed E-state index contributed by atoms with van der Waals surface area (Å²) in [5.74, 6) is 0.271. The minimum atomic E-state index is 0.271. The van der Waals surface area contributed by atoms with Gasteiger partial charge in [0.1, 0.15) is 5.75 Å². The van der Waals surface area contributed by atoms with Crippen molar-refractivity contribution in [2.75, 3.05) is 6.54 Å². The second kappa shape index (κ2) is 4.45. The lowest BCUT2D eigenvalue weighted by molar-refractivity contribution is 0.474. The van der Waals surface area contributed by atoms with Gasteiger partial charge < -0.3 is 5.11 Å². The highest BCUT2D eigenvalue weighted by Gasteiger charge is 2.01. The van der Waals surface area contributed by atoms with Crippen LogP contribution < -0.4 is 0 Å². The lowest BCUT2D eigenvalue weighted by Gasteiger charge is -2.02. The number of hydrogen-bond donors (Lipinski definition) is 1. The highest BCUT2D eigenvalue weighted by atomic mass is 16.3. The van der Waals surface area contributed by atoms with Crippen molar-refractivity contribution in [2.24, 2.45) is 4.99 Å². The van der Waals surface area contributed by atoms with Gasteiger partial charge in [-0.1, -0.05) is 18.2 Å². The maximum atomic E-state index is 9.47. The van der Waals surface area contributed by atoms with Gasteiger partial charge in [0, 0.05) is 11.3 Å². The third-order valence-electron chi connectivity index (χ3n) is 1.75. The molecule has 1 rings (SSSR count). The van der Waals surface area contributed by atoms with Crippen molar-refractivity contribution in [3.8, 4) is 5.75 Å². The molecule has 2 nitrogen and oxygen atoms in total. The summed E-state index contributed by atoms with van der Waals surface area (Å²) >= 11 is 0. The van der Waals surface area contributed by atoms with Crippen LogP contribution in [0.1, 0.15) is 12.5 Å². The molecule has 0 unspecified atom stereocenters. The van der Waals surface area contributed by atoms with Crippen LogP contribution in [0.3, 0.4) is 0 Å². The number of para-hydroxylation sites is 1. The van der Waals surface area contributed by atoms with E-state index in [1.54, 1.807) is 18.2 Å². The quantitative estimate of drug-likeness (QED) is 0.555. The van der Waals surface area contributed by atoms with E-state index in [1.165, 1.54) is 0 Å². The molecule has 0 atom stereocenters. The lowest BCUT2D eigenvalue weighted by Crippen LogP contribution is -1.95. The molecule has 1 aromatic carbocycles. The fourth-order valence-corrected chi connectivity index (χ4v) is 1.07. The molecular formula is C11H13NO. The van der Waals surface area contributed by atoms with E-state index in [0.717, 1.165) is 11.3 Å². The zero-order valence-electron chi connectivity index (χ0n) is 7.70. The van der Waals surface area contributed by atoms with Crippen molar-refractivity contribution in [3.63, 3.8) is 0 Å². The summed E-state index contributed by atoms with van der Waals surface area (Å²) in [5, 5.41) is 9.47. The Morgan fingerprint density at radius 2 is 2.23 bits per heavy atom. The van der Waals surface area contributed by atoms with Crippen molar-refractivity contribution in [1.29, 1.82) is 0 Å². The van der Waals surface area contributed by atoms with Crippen LogP contribution in [0, 0.1) is 0 Å². The molecule has 0 bridgehead atoms. The fraction of sp³-hybridized carbons (Fsp3) is 0.182. The number of aliphatic imine (C=N–C) groups is 1. The fourth-order valence-electron chi connectivity index (χ4n) is 1.07. The number of benzene rings is 1. The number of phenolic OH excluding ortho intramolecular Hbond substituents is 1. The third-order valence-corrected chi connectivity index (χ3v) is 1.75. The van der Waals surface area contributed by atoms with E-state index in [4.69, 9.17) is 0 Å². The Morgan fingerprint density at radius 3 is 2.85 bits per heavy atom. The zero-order valence-corrected chi connectivity index (χ0v) is 7.70. The molecule has 13 heavy (non-hydrogen) atoms. The van der Waals surface area contributed by atoms with E-state index >= 15 is 0 Å². The van der Waals surface area contributed by atoms with Crippen molar-refractivity contribution in [1.82, 2.24) is 0 Å². The summed E-state index contributed by atoms with van der Waals surface area (Å²) in [6.07, 6.45) is 1.73. The van der Waals surface area contributed by atoms with Crippen LogP contribution in [0.25, 0.3) is 0 Å². The maximum absolute atomic E-state index is 9.47. The third kappa shape index (κ3) is 2.44. The van der Waals surface area contributed by atoms with Gasteiger partial charge in [0.15, 0.2) is 0 Å². The van der Waals surface area contributed by atoms with Gasteiger partial charge >= 0.3 is 0 Å². The van der Waals surface area contributed by atoms with Gasteiger partial charge in [-0.05, 0) is 19.1 Å². The van der Waals surface area contributed by atoms with E-state index in [1.807, 2.05) is 19.1 Å². The molecule has 1 aromatic rings. The molecule has 0 saturated carbocycles. The smallest absolute Gasteiger partial charge is 0.124 e. The second-order valence-electron chi connectivity index (χ2n) is 2.73. The average molecular weight is 175 g/mol. The first-order valence-electron chi connectivity index (χ1n) is 4.16. The topological polar surface area (TPSA) is 32.6 Å². The van der Waals surface area contributed by atoms with Crippen LogP contribution in [0.5, 0.6) is 5.75 Å². The molecule has 0 radical (unpaired) electrons. The van der Waals surface area contributed by atoms with Gasteiger partial charge in [0.2, 0.25) is 0 Å². The van der Waals surface area contributed by atoms with Crippen molar-refractivity contribution in [3.05, 3.63) is 42.5 Å². The Kier molecular flexibility index (Phi) is 3.26. The molecule has 0 fully saturated rings. The summed E-state index contributed by atoms with van der Waals surface area (Å²) in [4.78, 5) is 4.21. The van der Waals surface area contributed by atoms with E-state index in [2.05, 4.69) is 11.6 Å². The minimum absolute atomic E-state index is 0.271. The Bertz CT molecular complexity index is 329. The second-order valence-corrected chi connectivity index (χ2v) is 2.73. The normalized spacial score (nSPS) is 11.3. The Labute approximate surface area is 78.3 Å². The van der Waals surface area contributed by atoms with Crippen LogP contribution in [0.15, 0.2) is 41.9 Å². The van der Waals surface area contributed by atoms with E-state index in [-0.39, 0.29) is 5.75 Å². The maximum Gasteiger partial charge on any atom is 0.124 e. The predicted molar refractivity (Wildman–Crippen MR) is 55.4 cm³/mol. The highest BCUT2D eigenvalue weighted by molar-refractivity contribution is 6.01. The number of rotatable bonds is 3. The molecule has 0 aromatic heterocycles. The molecule has 0 heterocycles. The molecule has 68 valence electrons. The van der Waals surface area contributed by atoms with E-state index in [9.17, 15) is 5.11 Å². The first kappa shape index (κ1) is 9.52. The number of hydrogen-bond acceptors (Lipinski definition) is 2. The van der Waals surface area contributed by atoms with Crippen LogP contribution in [0.4, 0.5) is 0 Å². The molecule has 0 aliphatic carbocycles. The average Bonchev–Trinajstić information content (AvgIpc) is 2.15. The number of aromatic hydroxyl groups is 1. The summed E-state index contributed by atoms with van der Waals surface area (Å²) < 4.78 is 0. The van der Waals surface area contributed by atoms with Crippen molar-refractivity contribution < 1.29 is 5.11 Å². The molecule has 0 saturated heterocycles. The summed E-state index contributed by atoms with van der Waals surface area (Å²) in [7, 11) is 0. The van der Waals surface area contributed by atoms with Crippen molar-refractivity contribution >= 4 is 5.71 Å². The van der Waals surface area contributed by atoms with Crippen LogP contribution in [0.2, 0.25) is 0 Å². The Morgan fingerprint density at radius 1 is 1.54 bits per heavy atom. The van der Waals surface area contributed by atoms with Crippen LogP contribution in [-0.4, -0.2) is 17.4 Å². The van der Waals surface area contributed by atoms with Crippen LogP contribution in [-0.2, 0) is 0 Å². The van der Waals surface area contributed by atoms with Gasteiger partial charge in [-0.3, -0.25) is 4.99 Å². The van der Waals surface area contributed by atoms with E-state index < -0.39 is 0 Å². The zero-order chi connectivity index (χ0) is 9.68. The Hall–Kier alpha value is -1.57. The predicted octanol–water partition coefficient (Wildman–Crippen LogP) is 2.39. The SMILES string of the molecule is C=CCN=C(C)c1ccccc1O. The molecule has 0 amide bonds. The summed E-state index contributed by atoms with van der Waals surface area (Å²) in [6.45, 7) is 6.04. The lowest BCUT2D eigenvalue weighted by atomic mass is 10.1. The van der Waals surface area contributed by atoms with Crippen LogP contribution >= 0.6 is 0 Å². The molecule has 1 N–H and O–H groups in total. The summed E-state index contributed by atoms with van der Waals surface area (Å²) in [6, 6.07) is 7.17. The molecule has 0 aliphatic heterocycles. The van der Waals surface area contributed by atoms with Gasteiger partial charge in [-0.25, -0.2) is 0 Å². The monoisotopic (exact) mass is 175 g/mol. The standard InChI is InChI=1S/C11H13NO/c1-3-8-12-9(2)10-6-4-5-7-11(10)13/h3-7,13H,1,8H2,2H3. The van der Waals surface area contributed by atoms with Gasteiger partial charge in [0.05, 0.1) is 6.54 Å². The minimum Gasteiger partial charge on any atom is -0.507 e. The molecule has 2 heteroatoms.